The molecule has 2 radical (unpaired) electrons. The third-order valence-corrected chi connectivity index (χ3v) is 7.64. The average molecular weight is 540 g/mol. The molecule has 2 N–H and O–H groups in total. The van der Waals surface area contributed by atoms with Gasteiger partial charge in [-0.25, -0.2) is 0 Å². The molecule has 1 heterocycles. The summed E-state index contributed by atoms with van der Waals surface area (Å²) >= 11 is 12.3. The zero-order chi connectivity index (χ0) is 25.5. The van der Waals surface area contributed by atoms with Crippen LogP contribution in [0.1, 0.15) is 12.8 Å². The smallest absolute Gasteiger partial charge is 0.330 e. The Kier molecular flexibility index (Phi) is 9.02. The van der Waals surface area contributed by atoms with E-state index in [1.807, 2.05) is 27.1 Å². The van der Waals surface area contributed by atoms with Crippen molar-refractivity contribution in [1.29, 1.82) is 0 Å². The Morgan fingerprint density at radius 2 is 1.22 bits per heavy atom. The minimum Gasteiger partial charge on any atom is -0.432 e. The summed E-state index contributed by atoms with van der Waals surface area (Å²) in [5, 5.41) is 9.16. The van der Waals surface area contributed by atoms with Crippen molar-refractivity contribution in [2.75, 3.05) is 26.3 Å². The van der Waals surface area contributed by atoms with E-state index in [0.29, 0.717) is 13.2 Å². The molecule has 2 aliphatic rings. The zero-order valence-corrected chi connectivity index (χ0v) is 22.8. The minimum atomic E-state index is 0.575. The normalized spacial score (nSPS) is 15.1. The van der Waals surface area contributed by atoms with Crippen molar-refractivity contribution in [3.05, 3.63) is 84.2 Å². The lowest BCUT2D eigenvalue weighted by Gasteiger charge is -2.11. The van der Waals surface area contributed by atoms with Crippen LogP contribution in [0.25, 0.3) is 20.2 Å². The van der Waals surface area contributed by atoms with Gasteiger partial charge in [0.25, 0.3) is 0 Å². The van der Waals surface area contributed by atoms with Crippen molar-refractivity contribution in [3.8, 4) is 0 Å². The van der Waals surface area contributed by atoms with Crippen LogP contribution in [0.4, 0.5) is 0 Å². The molecule has 5 rings (SSSR count). The topological polar surface area (TPSA) is 42.5 Å². The Balaban J connectivity index is 1.12. The van der Waals surface area contributed by atoms with Gasteiger partial charge in [-0.3, -0.25) is 0 Å². The fourth-order valence-corrected chi connectivity index (χ4v) is 5.68. The van der Waals surface area contributed by atoms with E-state index < -0.39 is 0 Å². The van der Waals surface area contributed by atoms with Crippen LogP contribution >= 0.6 is 35.8 Å². The molecule has 37 heavy (non-hydrogen) atoms. The van der Waals surface area contributed by atoms with Crippen LogP contribution in [0.2, 0.25) is 0 Å². The van der Waals surface area contributed by atoms with Crippen molar-refractivity contribution in [1.82, 2.24) is 10.6 Å². The average Bonchev–Trinajstić information content (AvgIpc) is 3.26. The quantitative estimate of drug-likeness (QED) is 0.204. The van der Waals surface area contributed by atoms with E-state index >= 15 is 0 Å². The fraction of sp³-hybridized carbons (Fsp3) is 0.214. The Morgan fingerprint density at radius 1 is 0.730 bits per heavy atom. The van der Waals surface area contributed by atoms with Gasteiger partial charge in [-0.15, -0.1) is 11.3 Å². The molecule has 0 unspecified atom stereocenters. The van der Waals surface area contributed by atoms with Gasteiger partial charge >= 0.3 is 15.0 Å². The summed E-state index contributed by atoms with van der Waals surface area (Å²) < 4.78 is 14.1. The molecule has 2 aromatic carbocycles. The summed E-state index contributed by atoms with van der Waals surface area (Å²) in [5.74, 6) is 0. The third kappa shape index (κ3) is 7.27. The van der Waals surface area contributed by atoms with Crippen molar-refractivity contribution in [3.63, 3.8) is 0 Å². The molecule has 0 fully saturated rings. The SMILES string of the molecule is S=C1C=C(NCCO[B]c2ccc3sc4ccc([B]OCCNC5=CC(=S)CC=C5)cc4c3c2)C=CC1. The van der Waals surface area contributed by atoms with Gasteiger partial charge in [0.2, 0.25) is 0 Å². The summed E-state index contributed by atoms with van der Waals surface area (Å²) in [6.07, 6.45) is 14.0. The van der Waals surface area contributed by atoms with Gasteiger partial charge in [0.1, 0.15) is 0 Å². The maximum Gasteiger partial charge on any atom is 0.330 e. The van der Waals surface area contributed by atoms with E-state index in [2.05, 4.69) is 71.3 Å². The Labute approximate surface area is 234 Å². The largest absolute Gasteiger partial charge is 0.432 e. The van der Waals surface area contributed by atoms with Crippen molar-refractivity contribution < 1.29 is 9.31 Å². The summed E-state index contributed by atoms with van der Waals surface area (Å²) in [4.78, 5) is 1.91. The molecule has 4 nitrogen and oxygen atoms in total. The molecular formula is C28H26B2N2O2S3. The molecule has 0 amide bonds. The molecule has 0 saturated heterocycles. The molecule has 0 bridgehead atoms. The van der Waals surface area contributed by atoms with Crippen LogP contribution in [0, 0.1) is 0 Å². The molecule has 0 saturated carbocycles. The lowest BCUT2D eigenvalue weighted by Crippen LogP contribution is -2.24. The van der Waals surface area contributed by atoms with E-state index in [4.69, 9.17) is 33.7 Å². The standard InChI is InChI=1S/C28H26B2N2O2S3/c35-23-5-1-3-21(17-23)31-11-13-33-29-19-7-9-27-25(15-19)26-16-20(8-10-28(26)37-27)30-34-14-12-32-22-4-2-6-24(36)18-22/h1-4,7-10,15-18,31-32H,5-6,11-14H2. The summed E-state index contributed by atoms with van der Waals surface area (Å²) in [6, 6.07) is 12.9. The number of hydrogen-bond donors (Lipinski definition) is 2. The highest BCUT2D eigenvalue weighted by Crippen LogP contribution is 2.32. The summed E-state index contributed by atoms with van der Waals surface area (Å²) in [7, 11) is 3.66. The fourth-order valence-electron chi connectivity index (χ4n) is 4.16. The third-order valence-electron chi connectivity index (χ3n) is 5.92. The predicted molar refractivity (Wildman–Crippen MR) is 167 cm³/mol. The van der Waals surface area contributed by atoms with E-state index in [-0.39, 0.29) is 0 Å². The van der Waals surface area contributed by atoms with Gasteiger partial charge < -0.3 is 19.9 Å². The molecule has 2 aliphatic carbocycles. The Hall–Kier alpha value is -2.55. The molecule has 0 spiro atoms. The molecule has 184 valence electrons. The second-order valence-corrected chi connectivity index (χ2v) is 10.9. The van der Waals surface area contributed by atoms with Crippen LogP contribution in [0.3, 0.4) is 0 Å². The van der Waals surface area contributed by atoms with Crippen LogP contribution in [-0.2, 0) is 9.31 Å². The van der Waals surface area contributed by atoms with Gasteiger partial charge in [0.05, 0.1) is 0 Å². The Bertz CT molecular complexity index is 1340. The first-order valence-electron chi connectivity index (χ1n) is 12.3. The maximum absolute atomic E-state index is 5.81. The number of rotatable bonds is 12. The molecular weight excluding hydrogens is 514 g/mol. The molecule has 0 atom stereocenters. The Morgan fingerprint density at radius 3 is 1.68 bits per heavy atom. The van der Waals surface area contributed by atoms with Crippen LogP contribution in [0.15, 0.2) is 84.2 Å². The van der Waals surface area contributed by atoms with Gasteiger partial charge in [-0.05, 0) is 47.2 Å². The maximum atomic E-state index is 5.81. The highest BCUT2D eigenvalue weighted by Gasteiger charge is 2.09. The van der Waals surface area contributed by atoms with Crippen LogP contribution in [-0.4, -0.2) is 51.0 Å². The summed E-state index contributed by atoms with van der Waals surface area (Å²) in [5.41, 5.74) is 4.18. The van der Waals surface area contributed by atoms with Crippen LogP contribution < -0.4 is 21.6 Å². The number of hydrogen-bond acceptors (Lipinski definition) is 7. The molecule has 9 heteroatoms. The van der Waals surface area contributed by atoms with Gasteiger partial charge in [0, 0.05) is 69.7 Å². The van der Waals surface area contributed by atoms with Gasteiger partial charge in [-0.2, -0.15) is 0 Å². The summed E-state index contributed by atoms with van der Waals surface area (Å²) in [6.45, 7) is 2.59. The van der Waals surface area contributed by atoms with Gasteiger partial charge in [-0.1, -0.05) is 71.8 Å². The van der Waals surface area contributed by atoms with E-state index in [9.17, 15) is 0 Å². The first kappa shape index (κ1) is 26.1. The monoisotopic (exact) mass is 540 g/mol. The highest BCUT2D eigenvalue weighted by molar-refractivity contribution is 7.81. The second-order valence-electron chi connectivity index (χ2n) is 8.79. The number of allylic oxidation sites excluding steroid dienone is 6. The first-order chi connectivity index (χ1) is 18.1. The molecule has 0 aliphatic heterocycles. The van der Waals surface area contributed by atoms with E-state index in [0.717, 1.165) is 58.0 Å². The van der Waals surface area contributed by atoms with E-state index in [1.54, 1.807) is 11.3 Å². The van der Waals surface area contributed by atoms with E-state index in [1.165, 1.54) is 20.2 Å². The van der Waals surface area contributed by atoms with Crippen molar-refractivity contribution in [2.45, 2.75) is 12.8 Å². The highest BCUT2D eigenvalue weighted by atomic mass is 32.1. The van der Waals surface area contributed by atoms with Gasteiger partial charge in [0.15, 0.2) is 0 Å². The molecule has 3 aromatic rings. The molecule has 1 aromatic heterocycles. The number of thiophene rings is 1. The first-order valence-corrected chi connectivity index (χ1v) is 13.9. The van der Waals surface area contributed by atoms with Crippen molar-refractivity contribution in [2.24, 2.45) is 0 Å². The number of fused-ring (bicyclic) bond motifs is 3. The zero-order valence-electron chi connectivity index (χ0n) is 20.4. The minimum absolute atomic E-state index is 0.575. The number of nitrogens with one attached hydrogen (secondary N) is 2. The number of benzene rings is 2. The lowest BCUT2D eigenvalue weighted by molar-refractivity contribution is 0.343. The lowest BCUT2D eigenvalue weighted by atomic mass is 9.85. The van der Waals surface area contributed by atoms with Crippen molar-refractivity contribution >= 4 is 91.6 Å². The second kappa shape index (κ2) is 12.8. The van der Waals surface area contributed by atoms with Crippen LogP contribution in [0.5, 0.6) is 0 Å². The number of thiocarbonyl (C=S) groups is 2. The predicted octanol–water partition coefficient (Wildman–Crippen LogP) is 4.18.